The second kappa shape index (κ2) is 6.87. The Kier molecular flexibility index (Phi) is 4.47. The molecule has 1 amide bonds. The van der Waals surface area contributed by atoms with Gasteiger partial charge in [-0.15, -0.1) is 10.2 Å². The Morgan fingerprint density at radius 1 is 1.09 bits per heavy atom. The van der Waals surface area contributed by atoms with E-state index in [0.29, 0.717) is 18.2 Å². The molecule has 2 aromatic carbocycles. The van der Waals surface area contributed by atoms with E-state index in [1.807, 2.05) is 61.5 Å². The number of nitrogens with zero attached hydrogens (tertiary/aromatic N) is 2. The van der Waals surface area contributed by atoms with Gasteiger partial charge in [0.25, 0.3) is 0 Å². The molecule has 1 heterocycles. The largest absolute Gasteiger partial charge is 0.419 e. The summed E-state index contributed by atoms with van der Waals surface area (Å²) >= 11 is 0. The predicted octanol–water partition coefficient (Wildman–Crippen LogP) is 2.90. The molecule has 0 aliphatic rings. The van der Waals surface area contributed by atoms with E-state index in [9.17, 15) is 4.79 Å². The lowest BCUT2D eigenvalue weighted by Gasteiger charge is -2.02. The quantitative estimate of drug-likeness (QED) is 0.787. The summed E-state index contributed by atoms with van der Waals surface area (Å²) in [6.07, 6.45) is 0.333. The van der Waals surface area contributed by atoms with Gasteiger partial charge in [0.1, 0.15) is 0 Å². The zero-order valence-corrected chi connectivity index (χ0v) is 12.8. The topological polar surface area (TPSA) is 68.0 Å². The van der Waals surface area contributed by atoms with Gasteiger partial charge in [0, 0.05) is 5.56 Å². The second-order valence-corrected chi connectivity index (χ2v) is 5.31. The molecular weight excluding hydrogens is 290 g/mol. The monoisotopic (exact) mass is 307 g/mol. The Balaban J connectivity index is 1.58. The molecule has 0 saturated carbocycles. The first-order valence-electron chi connectivity index (χ1n) is 7.41. The first kappa shape index (κ1) is 15.0. The number of carbonyl (C=O) groups is 1. The number of nitrogens with one attached hydrogen (secondary N) is 1. The fraction of sp³-hybridized carbons (Fsp3) is 0.167. The third-order valence-electron chi connectivity index (χ3n) is 3.38. The summed E-state index contributed by atoms with van der Waals surface area (Å²) in [5, 5.41) is 10.8. The minimum atomic E-state index is -0.0773. The Morgan fingerprint density at radius 3 is 2.70 bits per heavy atom. The summed E-state index contributed by atoms with van der Waals surface area (Å²) in [6, 6.07) is 17.4. The molecule has 0 aliphatic carbocycles. The number of benzene rings is 2. The van der Waals surface area contributed by atoms with Crippen molar-refractivity contribution in [3.05, 3.63) is 71.6 Å². The van der Waals surface area contributed by atoms with Crippen molar-refractivity contribution >= 4 is 5.91 Å². The second-order valence-electron chi connectivity index (χ2n) is 5.31. The fourth-order valence-electron chi connectivity index (χ4n) is 2.24. The number of hydrogen-bond acceptors (Lipinski definition) is 4. The molecule has 116 valence electrons. The normalized spacial score (nSPS) is 10.5. The van der Waals surface area contributed by atoms with Crippen LogP contribution in [0.2, 0.25) is 0 Å². The molecule has 23 heavy (non-hydrogen) atoms. The minimum absolute atomic E-state index is 0.0773. The van der Waals surface area contributed by atoms with E-state index in [4.69, 9.17) is 4.42 Å². The molecule has 3 aromatic rings. The van der Waals surface area contributed by atoms with Crippen LogP contribution in [0.5, 0.6) is 0 Å². The molecule has 0 aliphatic heterocycles. The Morgan fingerprint density at radius 2 is 1.91 bits per heavy atom. The van der Waals surface area contributed by atoms with Crippen LogP contribution in [0.1, 0.15) is 17.0 Å². The molecule has 0 atom stereocenters. The molecule has 1 aromatic heterocycles. The average molecular weight is 307 g/mol. The van der Waals surface area contributed by atoms with E-state index in [0.717, 1.165) is 16.7 Å². The Hall–Kier alpha value is -2.95. The van der Waals surface area contributed by atoms with E-state index >= 15 is 0 Å². The lowest BCUT2D eigenvalue weighted by atomic mass is 10.1. The number of aryl methyl sites for hydroxylation is 1. The van der Waals surface area contributed by atoms with E-state index in [2.05, 4.69) is 15.5 Å². The van der Waals surface area contributed by atoms with E-state index in [-0.39, 0.29) is 12.5 Å². The Bertz CT molecular complexity index is 797. The van der Waals surface area contributed by atoms with Crippen LogP contribution in [0.4, 0.5) is 0 Å². The fourth-order valence-corrected chi connectivity index (χ4v) is 2.24. The number of carbonyl (C=O) groups excluding carboxylic acids is 1. The lowest BCUT2D eigenvalue weighted by molar-refractivity contribution is -0.120. The maximum Gasteiger partial charge on any atom is 0.247 e. The van der Waals surface area contributed by atoms with Gasteiger partial charge in [-0.2, -0.15) is 0 Å². The molecule has 0 radical (unpaired) electrons. The summed E-state index contributed by atoms with van der Waals surface area (Å²) < 4.78 is 5.59. The van der Waals surface area contributed by atoms with Gasteiger partial charge in [-0.05, 0) is 24.6 Å². The maximum atomic E-state index is 11.9. The highest BCUT2D eigenvalue weighted by atomic mass is 16.4. The van der Waals surface area contributed by atoms with Crippen LogP contribution in [0, 0.1) is 6.92 Å². The predicted molar refractivity (Wildman–Crippen MR) is 86.5 cm³/mol. The molecule has 1 N–H and O–H groups in total. The SMILES string of the molecule is Cc1cccc(-c2nnc(CNC(=O)Cc3ccccc3)o2)c1. The van der Waals surface area contributed by atoms with Crippen molar-refractivity contribution in [1.29, 1.82) is 0 Å². The van der Waals surface area contributed by atoms with Gasteiger partial charge in [-0.25, -0.2) is 0 Å². The van der Waals surface area contributed by atoms with E-state index in [1.165, 1.54) is 0 Å². The van der Waals surface area contributed by atoms with Gasteiger partial charge in [0.15, 0.2) is 0 Å². The first-order chi connectivity index (χ1) is 11.2. The summed E-state index contributed by atoms with van der Waals surface area (Å²) in [7, 11) is 0. The van der Waals surface area contributed by atoms with Gasteiger partial charge in [-0.1, -0.05) is 48.0 Å². The smallest absolute Gasteiger partial charge is 0.247 e. The number of hydrogen-bond donors (Lipinski definition) is 1. The van der Waals surface area contributed by atoms with Crippen molar-refractivity contribution in [1.82, 2.24) is 15.5 Å². The molecule has 5 heteroatoms. The first-order valence-corrected chi connectivity index (χ1v) is 7.41. The van der Waals surface area contributed by atoms with Crippen molar-refractivity contribution in [2.45, 2.75) is 19.9 Å². The molecule has 0 saturated heterocycles. The van der Waals surface area contributed by atoms with Crippen LogP contribution in [-0.4, -0.2) is 16.1 Å². The van der Waals surface area contributed by atoms with Crippen molar-refractivity contribution in [2.75, 3.05) is 0 Å². The van der Waals surface area contributed by atoms with Crippen LogP contribution < -0.4 is 5.32 Å². The van der Waals surface area contributed by atoms with Gasteiger partial charge in [-0.3, -0.25) is 4.79 Å². The van der Waals surface area contributed by atoms with Crippen LogP contribution in [0.25, 0.3) is 11.5 Å². The highest BCUT2D eigenvalue weighted by Gasteiger charge is 2.10. The average Bonchev–Trinajstić information content (AvgIpc) is 3.03. The van der Waals surface area contributed by atoms with Crippen LogP contribution in [0.3, 0.4) is 0 Å². The maximum absolute atomic E-state index is 11.9. The highest BCUT2D eigenvalue weighted by Crippen LogP contribution is 2.18. The third kappa shape index (κ3) is 4.03. The van der Waals surface area contributed by atoms with Gasteiger partial charge in [0.2, 0.25) is 17.7 Å². The molecule has 0 spiro atoms. The van der Waals surface area contributed by atoms with E-state index < -0.39 is 0 Å². The van der Waals surface area contributed by atoms with Crippen LogP contribution in [0.15, 0.2) is 59.0 Å². The van der Waals surface area contributed by atoms with Crippen LogP contribution in [-0.2, 0) is 17.8 Å². The molecule has 0 bridgehead atoms. The summed E-state index contributed by atoms with van der Waals surface area (Å²) in [5.41, 5.74) is 2.97. The molecule has 3 rings (SSSR count). The molecule has 0 unspecified atom stereocenters. The number of aromatic nitrogens is 2. The molecule has 0 fully saturated rings. The van der Waals surface area contributed by atoms with Crippen LogP contribution >= 0.6 is 0 Å². The van der Waals surface area contributed by atoms with Gasteiger partial charge < -0.3 is 9.73 Å². The van der Waals surface area contributed by atoms with Gasteiger partial charge in [0.05, 0.1) is 13.0 Å². The summed E-state index contributed by atoms with van der Waals surface area (Å²) in [6.45, 7) is 2.23. The Labute approximate surface area is 134 Å². The standard InChI is InChI=1S/C18H17N3O2/c1-13-6-5-9-15(10-13)18-21-20-17(23-18)12-19-16(22)11-14-7-3-2-4-8-14/h2-10H,11-12H2,1H3,(H,19,22). The number of amides is 1. The summed E-state index contributed by atoms with van der Waals surface area (Å²) in [4.78, 5) is 11.9. The van der Waals surface area contributed by atoms with Crippen molar-refractivity contribution in [3.8, 4) is 11.5 Å². The van der Waals surface area contributed by atoms with Crippen molar-refractivity contribution in [2.24, 2.45) is 0 Å². The van der Waals surface area contributed by atoms with Gasteiger partial charge >= 0.3 is 0 Å². The molecular formula is C18H17N3O2. The zero-order valence-electron chi connectivity index (χ0n) is 12.8. The third-order valence-corrected chi connectivity index (χ3v) is 3.38. The van der Waals surface area contributed by atoms with Crippen molar-refractivity contribution < 1.29 is 9.21 Å². The molecule has 5 nitrogen and oxygen atoms in total. The van der Waals surface area contributed by atoms with E-state index in [1.54, 1.807) is 0 Å². The zero-order chi connectivity index (χ0) is 16.1. The summed E-state index contributed by atoms with van der Waals surface area (Å²) in [5.74, 6) is 0.774. The minimum Gasteiger partial charge on any atom is -0.419 e. The van der Waals surface area contributed by atoms with Crippen molar-refractivity contribution in [3.63, 3.8) is 0 Å². The highest BCUT2D eigenvalue weighted by molar-refractivity contribution is 5.78. The lowest BCUT2D eigenvalue weighted by Crippen LogP contribution is -2.24. The number of rotatable bonds is 5.